The zero-order valence-electron chi connectivity index (χ0n) is 9.98. The Hall–Kier alpha value is -0.850. The molecule has 0 fully saturated rings. The van der Waals surface area contributed by atoms with Gasteiger partial charge in [-0.3, -0.25) is 4.98 Å². The number of hydrogen-bond acceptors (Lipinski definition) is 3. The van der Waals surface area contributed by atoms with E-state index in [2.05, 4.69) is 9.71 Å². The molecule has 4 nitrogen and oxygen atoms in total. The number of halogens is 3. The van der Waals surface area contributed by atoms with Gasteiger partial charge in [0.15, 0.2) is 0 Å². The highest BCUT2D eigenvalue weighted by molar-refractivity contribution is 7.89. The van der Waals surface area contributed by atoms with E-state index in [1.807, 2.05) is 0 Å². The third-order valence-electron chi connectivity index (χ3n) is 2.43. The van der Waals surface area contributed by atoms with Crippen LogP contribution in [0.2, 0.25) is 15.1 Å². The van der Waals surface area contributed by atoms with E-state index in [4.69, 9.17) is 34.8 Å². The molecule has 0 bridgehead atoms. The van der Waals surface area contributed by atoms with Gasteiger partial charge in [-0.05, 0) is 24.3 Å². The predicted octanol–water partition coefficient (Wildman–Crippen LogP) is 3.52. The van der Waals surface area contributed by atoms with Crippen molar-refractivity contribution >= 4 is 44.8 Å². The first-order valence-electron chi connectivity index (χ1n) is 5.44. The summed E-state index contributed by atoms with van der Waals surface area (Å²) in [5.74, 6) is 0. The first-order chi connectivity index (χ1) is 9.40. The third kappa shape index (κ3) is 3.62. The number of sulfonamides is 1. The van der Waals surface area contributed by atoms with Crippen LogP contribution in [0.4, 0.5) is 0 Å². The lowest BCUT2D eigenvalue weighted by Crippen LogP contribution is -2.24. The molecule has 0 aliphatic carbocycles. The molecule has 1 heterocycles. The molecule has 0 saturated heterocycles. The van der Waals surface area contributed by atoms with Gasteiger partial charge >= 0.3 is 0 Å². The van der Waals surface area contributed by atoms with Crippen molar-refractivity contribution in [1.29, 1.82) is 0 Å². The van der Waals surface area contributed by atoms with E-state index in [1.54, 1.807) is 24.4 Å². The van der Waals surface area contributed by atoms with Crippen LogP contribution in [0.1, 0.15) is 5.69 Å². The van der Waals surface area contributed by atoms with Crippen LogP contribution in [0.5, 0.6) is 0 Å². The molecule has 0 spiro atoms. The Kier molecular flexibility index (Phi) is 4.88. The van der Waals surface area contributed by atoms with E-state index >= 15 is 0 Å². The topological polar surface area (TPSA) is 59.1 Å². The number of nitrogens with one attached hydrogen (secondary N) is 1. The van der Waals surface area contributed by atoms with E-state index in [9.17, 15) is 8.42 Å². The highest BCUT2D eigenvalue weighted by Gasteiger charge is 2.19. The van der Waals surface area contributed by atoms with E-state index in [1.165, 1.54) is 12.1 Å². The maximum Gasteiger partial charge on any atom is 0.242 e. The molecule has 1 aromatic heterocycles. The lowest BCUT2D eigenvalue weighted by molar-refractivity contribution is 0.580. The van der Waals surface area contributed by atoms with Crippen LogP contribution in [0.3, 0.4) is 0 Å². The van der Waals surface area contributed by atoms with Crippen LogP contribution in [-0.4, -0.2) is 13.4 Å². The standard InChI is InChI=1S/C12H9Cl3N2O2S/c13-9-5-11(15)12(6-10(9)14)20(18,19)17-7-8-3-1-2-4-16-8/h1-6,17H,7H2. The second kappa shape index (κ2) is 6.28. The summed E-state index contributed by atoms with van der Waals surface area (Å²) in [5, 5.41) is 0.322. The summed E-state index contributed by atoms with van der Waals surface area (Å²) >= 11 is 17.5. The predicted molar refractivity (Wildman–Crippen MR) is 79.7 cm³/mol. The molecule has 0 aliphatic heterocycles. The largest absolute Gasteiger partial charge is 0.260 e. The van der Waals surface area contributed by atoms with E-state index in [0.29, 0.717) is 5.69 Å². The zero-order valence-corrected chi connectivity index (χ0v) is 13.1. The molecule has 0 aliphatic rings. The van der Waals surface area contributed by atoms with Crippen molar-refractivity contribution in [2.45, 2.75) is 11.4 Å². The number of benzene rings is 1. The Bertz CT molecular complexity index is 721. The molecule has 2 rings (SSSR count). The Morgan fingerprint density at radius 2 is 1.75 bits per heavy atom. The fourth-order valence-corrected chi connectivity index (χ4v) is 3.46. The van der Waals surface area contributed by atoms with Gasteiger partial charge in [0.25, 0.3) is 0 Å². The van der Waals surface area contributed by atoms with Gasteiger partial charge in [0, 0.05) is 6.20 Å². The van der Waals surface area contributed by atoms with E-state index in [0.717, 1.165) is 0 Å². The molecule has 0 radical (unpaired) electrons. The lowest BCUT2D eigenvalue weighted by Gasteiger charge is -2.09. The SMILES string of the molecule is O=S(=O)(NCc1ccccn1)c1cc(Cl)c(Cl)cc1Cl. The molecule has 1 aromatic carbocycles. The molecule has 0 saturated carbocycles. The Balaban J connectivity index is 2.25. The Morgan fingerprint density at radius 1 is 1.05 bits per heavy atom. The Morgan fingerprint density at radius 3 is 2.40 bits per heavy atom. The third-order valence-corrected chi connectivity index (χ3v) is 5.02. The normalized spacial score (nSPS) is 11.6. The zero-order chi connectivity index (χ0) is 14.8. The van der Waals surface area contributed by atoms with Crippen molar-refractivity contribution in [3.05, 3.63) is 57.3 Å². The fraction of sp³-hybridized carbons (Fsp3) is 0.0833. The highest BCUT2D eigenvalue weighted by atomic mass is 35.5. The first kappa shape index (κ1) is 15.5. The minimum absolute atomic E-state index is 0.00733. The van der Waals surface area contributed by atoms with Crippen LogP contribution < -0.4 is 4.72 Å². The molecule has 0 amide bonds. The summed E-state index contributed by atoms with van der Waals surface area (Å²) in [6.45, 7) is 0.0553. The van der Waals surface area contributed by atoms with Crippen molar-refractivity contribution in [3.8, 4) is 0 Å². The van der Waals surface area contributed by atoms with Crippen LogP contribution in [-0.2, 0) is 16.6 Å². The summed E-state index contributed by atoms with van der Waals surface area (Å²) in [6.07, 6.45) is 1.58. The lowest BCUT2D eigenvalue weighted by atomic mass is 10.4. The van der Waals surface area contributed by atoms with Crippen LogP contribution in [0.25, 0.3) is 0 Å². The minimum Gasteiger partial charge on any atom is -0.260 e. The number of hydrogen-bond donors (Lipinski definition) is 1. The molecule has 20 heavy (non-hydrogen) atoms. The maximum atomic E-state index is 12.2. The molecule has 2 aromatic rings. The molecule has 0 unspecified atom stereocenters. The Labute approximate surface area is 131 Å². The molecular weight excluding hydrogens is 343 g/mol. The monoisotopic (exact) mass is 350 g/mol. The van der Waals surface area contributed by atoms with Gasteiger partial charge in [0.2, 0.25) is 10.0 Å². The summed E-state index contributed by atoms with van der Waals surface area (Å²) in [7, 11) is -3.79. The summed E-state index contributed by atoms with van der Waals surface area (Å²) in [6, 6.07) is 7.73. The average molecular weight is 352 g/mol. The van der Waals surface area contributed by atoms with Gasteiger partial charge < -0.3 is 0 Å². The molecular formula is C12H9Cl3N2O2S. The maximum absolute atomic E-state index is 12.2. The number of rotatable bonds is 4. The molecule has 1 N–H and O–H groups in total. The number of aromatic nitrogens is 1. The van der Waals surface area contributed by atoms with Gasteiger partial charge in [-0.1, -0.05) is 40.9 Å². The quantitative estimate of drug-likeness (QED) is 0.857. The van der Waals surface area contributed by atoms with Crippen molar-refractivity contribution in [2.75, 3.05) is 0 Å². The number of pyridine rings is 1. The summed E-state index contributed by atoms with van der Waals surface area (Å²) in [4.78, 5) is 3.90. The van der Waals surface area contributed by atoms with Gasteiger partial charge in [0.1, 0.15) is 4.90 Å². The van der Waals surface area contributed by atoms with Gasteiger partial charge in [0.05, 0.1) is 27.3 Å². The summed E-state index contributed by atoms with van der Waals surface area (Å²) < 4.78 is 26.7. The van der Waals surface area contributed by atoms with Crippen molar-refractivity contribution in [2.24, 2.45) is 0 Å². The van der Waals surface area contributed by atoms with Crippen molar-refractivity contribution < 1.29 is 8.42 Å². The van der Waals surface area contributed by atoms with E-state index < -0.39 is 10.0 Å². The van der Waals surface area contributed by atoms with E-state index in [-0.39, 0.29) is 26.5 Å². The average Bonchev–Trinajstić information content (AvgIpc) is 2.42. The second-order valence-corrected chi connectivity index (χ2v) is 6.80. The van der Waals surface area contributed by atoms with Gasteiger partial charge in [-0.15, -0.1) is 0 Å². The smallest absolute Gasteiger partial charge is 0.242 e. The van der Waals surface area contributed by atoms with Crippen LogP contribution in [0, 0.1) is 0 Å². The first-order valence-corrected chi connectivity index (χ1v) is 8.06. The molecule has 8 heteroatoms. The van der Waals surface area contributed by atoms with Gasteiger partial charge in [-0.25, -0.2) is 13.1 Å². The van der Waals surface area contributed by atoms with Crippen LogP contribution >= 0.6 is 34.8 Å². The minimum atomic E-state index is -3.79. The number of nitrogens with zero attached hydrogens (tertiary/aromatic N) is 1. The van der Waals surface area contributed by atoms with Crippen molar-refractivity contribution in [1.82, 2.24) is 9.71 Å². The second-order valence-electron chi connectivity index (χ2n) is 3.84. The van der Waals surface area contributed by atoms with Crippen LogP contribution in [0.15, 0.2) is 41.4 Å². The molecule has 106 valence electrons. The van der Waals surface area contributed by atoms with Crippen molar-refractivity contribution in [3.63, 3.8) is 0 Å². The highest BCUT2D eigenvalue weighted by Crippen LogP contribution is 2.31. The summed E-state index contributed by atoms with van der Waals surface area (Å²) in [5.41, 5.74) is 0.590. The molecule has 0 atom stereocenters. The fourth-order valence-electron chi connectivity index (χ4n) is 1.46. The van der Waals surface area contributed by atoms with Gasteiger partial charge in [-0.2, -0.15) is 0 Å².